The molecule has 2 rings (SSSR count). The van der Waals surface area contributed by atoms with Crippen molar-refractivity contribution in [3.05, 3.63) is 53.5 Å². The fourth-order valence-electron chi connectivity index (χ4n) is 1.82. The van der Waals surface area contributed by atoms with E-state index in [-0.39, 0.29) is 18.6 Å². The van der Waals surface area contributed by atoms with Crippen LogP contribution in [0.3, 0.4) is 0 Å². The molecular weight excluding hydrogens is 254 g/mol. The molecule has 0 fully saturated rings. The summed E-state index contributed by atoms with van der Waals surface area (Å²) < 4.78 is 10.9. The van der Waals surface area contributed by atoms with Gasteiger partial charge in [0.25, 0.3) is 5.91 Å². The molecule has 20 heavy (non-hydrogen) atoms. The summed E-state index contributed by atoms with van der Waals surface area (Å²) in [5.74, 6) is 2.09. The number of hydrogen-bond donors (Lipinski definition) is 1. The summed E-state index contributed by atoms with van der Waals surface area (Å²) in [6.45, 7) is 5.75. The van der Waals surface area contributed by atoms with E-state index in [0.29, 0.717) is 5.75 Å². The first kappa shape index (κ1) is 14.2. The molecule has 0 spiro atoms. The number of rotatable bonds is 5. The highest BCUT2D eigenvalue weighted by Gasteiger charge is 2.12. The molecule has 1 amide bonds. The van der Waals surface area contributed by atoms with E-state index >= 15 is 0 Å². The van der Waals surface area contributed by atoms with Crippen LogP contribution < -0.4 is 10.1 Å². The second kappa shape index (κ2) is 6.28. The van der Waals surface area contributed by atoms with E-state index in [1.807, 2.05) is 57.2 Å². The second-order valence-electron chi connectivity index (χ2n) is 4.84. The van der Waals surface area contributed by atoms with Gasteiger partial charge in [-0.15, -0.1) is 0 Å². The average Bonchev–Trinajstić information content (AvgIpc) is 2.85. The number of carbonyl (C=O) groups excluding carboxylic acids is 1. The summed E-state index contributed by atoms with van der Waals surface area (Å²) in [5, 5.41) is 2.83. The number of amides is 1. The Morgan fingerprint density at radius 2 is 1.90 bits per heavy atom. The number of ether oxygens (including phenoxy) is 1. The molecule has 4 heteroatoms. The fraction of sp³-hybridized carbons (Fsp3) is 0.312. The molecule has 0 aliphatic heterocycles. The second-order valence-corrected chi connectivity index (χ2v) is 4.84. The van der Waals surface area contributed by atoms with Crippen molar-refractivity contribution in [3.8, 4) is 5.75 Å². The smallest absolute Gasteiger partial charge is 0.258 e. The van der Waals surface area contributed by atoms with Gasteiger partial charge in [-0.2, -0.15) is 0 Å². The molecule has 1 aromatic carbocycles. The van der Waals surface area contributed by atoms with E-state index in [1.54, 1.807) is 0 Å². The highest BCUT2D eigenvalue weighted by atomic mass is 16.5. The molecule has 2 aromatic rings. The average molecular weight is 273 g/mol. The van der Waals surface area contributed by atoms with Crippen LogP contribution in [0.1, 0.15) is 30.0 Å². The summed E-state index contributed by atoms with van der Waals surface area (Å²) in [6, 6.07) is 11.2. The maximum absolute atomic E-state index is 11.8. The zero-order valence-electron chi connectivity index (χ0n) is 12.0. The van der Waals surface area contributed by atoms with E-state index < -0.39 is 0 Å². The molecule has 1 aromatic heterocycles. The van der Waals surface area contributed by atoms with Gasteiger partial charge in [-0.3, -0.25) is 4.79 Å². The van der Waals surface area contributed by atoms with Gasteiger partial charge in [0.15, 0.2) is 6.61 Å². The SMILES string of the molecule is Cc1ccc(OCC(=O)NC(C)c2ccc(C)o2)cc1. The predicted molar refractivity (Wildman–Crippen MR) is 76.7 cm³/mol. The van der Waals surface area contributed by atoms with Gasteiger partial charge in [0.05, 0.1) is 6.04 Å². The first-order valence-corrected chi connectivity index (χ1v) is 6.60. The van der Waals surface area contributed by atoms with Crippen LogP contribution in [-0.2, 0) is 4.79 Å². The van der Waals surface area contributed by atoms with Gasteiger partial charge in [0.2, 0.25) is 0 Å². The molecule has 1 N–H and O–H groups in total. The maximum Gasteiger partial charge on any atom is 0.258 e. The fourth-order valence-corrected chi connectivity index (χ4v) is 1.82. The van der Waals surface area contributed by atoms with Crippen molar-refractivity contribution in [2.45, 2.75) is 26.8 Å². The molecule has 0 saturated carbocycles. The molecule has 1 unspecified atom stereocenters. The molecule has 0 aliphatic rings. The topological polar surface area (TPSA) is 51.5 Å². The van der Waals surface area contributed by atoms with Crippen LogP contribution in [0, 0.1) is 13.8 Å². The molecule has 0 bridgehead atoms. The first-order valence-electron chi connectivity index (χ1n) is 6.60. The van der Waals surface area contributed by atoms with Crippen molar-refractivity contribution in [1.82, 2.24) is 5.32 Å². The molecule has 0 saturated heterocycles. The van der Waals surface area contributed by atoms with Crippen molar-refractivity contribution in [2.75, 3.05) is 6.61 Å². The summed E-state index contributed by atoms with van der Waals surface area (Å²) >= 11 is 0. The van der Waals surface area contributed by atoms with Gasteiger partial charge < -0.3 is 14.5 Å². The Morgan fingerprint density at radius 1 is 1.20 bits per heavy atom. The number of aryl methyl sites for hydroxylation is 2. The highest BCUT2D eigenvalue weighted by molar-refractivity contribution is 5.77. The Labute approximate surface area is 118 Å². The minimum Gasteiger partial charge on any atom is -0.484 e. The molecule has 1 heterocycles. The number of nitrogens with one attached hydrogen (secondary N) is 1. The first-order chi connectivity index (χ1) is 9.54. The lowest BCUT2D eigenvalue weighted by Gasteiger charge is -2.12. The van der Waals surface area contributed by atoms with E-state index in [0.717, 1.165) is 17.1 Å². The minimum absolute atomic E-state index is 0.00685. The number of furan rings is 1. The van der Waals surface area contributed by atoms with Crippen LogP contribution in [-0.4, -0.2) is 12.5 Å². The van der Waals surface area contributed by atoms with Crippen molar-refractivity contribution in [1.29, 1.82) is 0 Å². The molecule has 0 radical (unpaired) electrons. The van der Waals surface area contributed by atoms with Gasteiger partial charge in [-0.05, 0) is 45.0 Å². The highest BCUT2D eigenvalue weighted by Crippen LogP contribution is 2.15. The van der Waals surface area contributed by atoms with E-state index in [4.69, 9.17) is 9.15 Å². The predicted octanol–water partition coefficient (Wildman–Crippen LogP) is 3.15. The summed E-state index contributed by atoms with van der Waals surface area (Å²) in [5.41, 5.74) is 1.16. The Hall–Kier alpha value is -2.23. The summed E-state index contributed by atoms with van der Waals surface area (Å²) in [7, 11) is 0. The van der Waals surface area contributed by atoms with Gasteiger partial charge in [-0.1, -0.05) is 17.7 Å². The van der Waals surface area contributed by atoms with E-state index in [9.17, 15) is 4.79 Å². The van der Waals surface area contributed by atoms with Gasteiger partial charge in [-0.25, -0.2) is 0 Å². The number of benzene rings is 1. The van der Waals surface area contributed by atoms with Crippen molar-refractivity contribution >= 4 is 5.91 Å². The van der Waals surface area contributed by atoms with Crippen molar-refractivity contribution in [3.63, 3.8) is 0 Å². The van der Waals surface area contributed by atoms with Crippen molar-refractivity contribution in [2.24, 2.45) is 0 Å². The zero-order valence-corrected chi connectivity index (χ0v) is 12.0. The normalized spacial score (nSPS) is 11.9. The molecule has 106 valence electrons. The largest absolute Gasteiger partial charge is 0.484 e. The Morgan fingerprint density at radius 3 is 2.50 bits per heavy atom. The monoisotopic (exact) mass is 273 g/mol. The standard InChI is InChI=1S/C16H19NO3/c1-11-4-7-14(8-5-11)19-10-16(18)17-13(3)15-9-6-12(2)20-15/h4-9,13H,10H2,1-3H3,(H,17,18). The number of carbonyl (C=O) groups is 1. The summed E-state index contributed by atoms with van der Waals surface area (Å²) in [6.07, 6.45) is 0. The third kappa shape index (κ3) is 3.88. The molecule has 1 atom stereocenters. The third-order valence-electron chi connectivity index (χ3n) is 2.96. The number of hydrogen-bond acceptors (Lipinski definition) is 3. The van der Waals surface area contributed by atoms with Crippen molar-refractivity contribution < 1.29 is 13.9 Å². The lowest BCUT2D eigenvalue weighted by atomic mass is 10.2. The van der Waals surface area contributed by atoms with Crippen LogP contribution in [0.15, 0.2) is 40.8 Å². The maximum atomic E-state index is 11.8. The summed E-state index contributed by atoms with van der Waals surface area (Å²) in [4.78, 5) is 11.8. The van der Waals surface area contributed by atoms with Crippen LogP contribution in [0.2, 0.25) is 0 Å². The lowest BCUT2D eigenvalue weighted by molar-refractivity contribution is -0.123. The van der Waals surface area contributed by atoms with Crippen LogP contribution >= 0.6 is 0 Å². The lowest BCUT2D eigenvalue weighted by Crippen LogP contribution is -2.31. The van der Waals surface area contributed by atoms with Gasteiger partial charge in [0, 0.05) is 0 Å². The van der Waals surface area contributed by atoms with Crippen LogP contribution in [0.4, 0.5) is 0 Å². The zero-order chi connectivity index (χ0) is 14.5. The van der Waals surface area contributed by atoms with Gasteiger partial charge >= 0.3 is 0 Å². The minimum atomic E-state index is -0.174. The Kier molecular flexibility index (Phi) is 4.45. The molecule has 4 nitrogen and oxygen atoms in total. The molecular formula is C16H19NO3. The Balaban J connectivity index is 1.82. The van der Waals surface area contributed by atoms with Gasteiger partial charge in [0.1, 0.15) is 17.3 Å². The van der Waals surface area contributed by atoms with Crippen LogP contribution in [0.5, 0.6) is 5.75 Å². The Bertz CT molecular complexity index is 572. The van der Waals surface area contributed by atoms with E-state index in [2.05, 4.69) is 5.32 Å². The third-order valence-corrected chi connectivity index (χ3v) is 2.96. The van der Waals surface area contributed by atoms with E-state index in [1.165, 1.54) is 0 Å². The van der Waals surface area contributed by atoms with Crippen LogP contribution in [0.25, 0.3) is 0 Å². The molecule has 0 aliphatic carbocycles. The quantitative estimate of drug-likeness (QED) is 0.910.